The number of para-hydroxylation sites is 1. The van der Waals surface area contributed by atoms with Crippen molar-refractivity contribution in [2.45, 2.75) is 6.18 Å². The number of H-pyrrole nitrogens is 1. The second-order valence-corrected chi connectivity index (χ2v) is 3.95. The number of nitrogens with zero attached hydrogens (tertiary/aromatic N) is 1. The van der Waals surface area contributed by atoms with Crippen LogP contribution in [-0.4, -0.2) is 8.58 Å². The summed E-state index contributed by atoms with van der Waals surface area (Å²) < 4.78 is 38.6. The van der Waals surface area contributed by atoms with E-state index in [-0.39, 0.29) is 5.52 Å². The largest absolute Gasteiger partial charge is 0.418 e. The average molecular weight is 309 g/mol. The topological polar surface area (TPSA) is 54.9 Å². The number of fused-ring (bicyclic) bond motifs is 1. The van der Waals surface area contributed by atoms with Crippen LogP contribution in [0.2, 0.25) is 0 Å². The Hall–Kier alpha value is -1.57. The molecule has 0 spiro atoms. The lowest BCUT2D eigenvalue weighted by Gasteiger charge is -2.11. The van der Waals surface area contributed by atoms with Crippen molar-refractivity contribution in [1.29, 1.82) is 0 Å². The summed E-state index contributed by atoms with van der Waals surface area (Å²) in [6.45, 7) is 0. The number of benzene rings is 1. The minimum atomic E-state index is -4.61. The van der Waals surface area contributed by atoms with Gasteiger partial charge in [0.1, 0.15) is 0 Å². The van der Waals surface area contributed by atoms with Crippen LogP contribution in [0.3, 0.4) is 0 Å². The van der Waals surface area contributed by atoms with Gasteiger partial charge in [-0.25, -0.2) is 3.59 Å². The Morgan fingerprint density at radius 3 is 2.47 bits per heavy atom. The molecule has 0 unspecified atom stereocenters. The molecule has 1 aromatic carbocycles. The fourth-order valence-electron chi connectivity index (χ4n) is 1.45. The van der Waals surface area contributed by atoms with Crippen molar-refractivity contribution in [1.82, 2.24) is 8.58 Å². The van der Waals surface area contributed by atoms with Crippen molar-refractivity contribution in [2.75, 3.05) is 0 Å². The van der Waals surface area contributed by atoms with Gasteiger partial charge in [-0.05, 0) is 12.1 Å². The van der Waals surface area contributed by atoms with Crippen LogP contribution in [0.5, 0.6) is 0 Å². The van der Waals surface area contributed by atoms with Gasteiger partial charge in [-0.1, -0.05) is 6.07 Å². The zero-order valence-corrected chi connectivity index (χ0v) is 9.59. The van der Waals surface area contributed by atoms with Gasteiger partial charge in [0.2, 0.25) is 0 Å². The summed E-state index contributed by atoms with van der Waals surface area (Å²) in [5.74, 6) is 0. The van der Waals surface area contributed by atoms with Crippen molar-refractivity contribution in [3.8, 4) is 0 Å². The third kappa shape index (κ3) is 1.88. The third-order valence-electron chi connectivity index (χ3n) is 2.16. The van der Waals surface area contributed by atoms with Crippen LogP contribution >= 0.6 is 16.1 Å². The fourth-order valence-corrected chi connectivity index (χ4v) is 1.99. The Morgan fingerprint density at radius 2 is 1.88 bits per heavy atom. The molecule has 90 valence electrons. The zero-order chi connectivity index (χ0) is 12.8. The number of aromatic amines is 1. The standard InChI is InChI=1S/C9H4BrF3N2O2/c10-15-6-4(9(11,12)13)2-1-3-5(6)14-7(16)8(15)17/h1-3H,(H,14,16). The molecule has 0 amide bonds. The van der Waals surface area contributed by atoms with Gasteiger partial charge in [0.25, 0.3) is 0 Å². The lowest BCUT2D eigenvalue weighted by molar-refractivity contribution is -0.136. The maximum atomic E-state index is 12.7. The molecule has 0 atom stereocenters. The summed E-state index contributed by atoms with van der Waals surface area (Å²) in [6, 6.07) is 3.26. The smallest absolute Gasteiger partial charge is 0.316 e. The van der Waals surface area contributed by atoms with Crippen LogP contribution in [0.15, 0.2) is 27.8 Å². The van der Waals surface area contributed by atoms with E-state index in [1.807, 2.05) is 0 Å². The molecule has 2 aromatic rings. The molecule has 0 saturated carbocycles. The molecule has 1 heterocycles. The maximum absolute atomic E-state index is 12.7. The van der Waals surface area contributed by atoms with Crippen molar-refractivity contribution in [3.63, 3.8) is 0 Å². The average Bonchev–Trinajstić information content (AvgIpc) is 2.24. The second-order valence-electron chi connectivity index (χ2n) is 3.24. The van der Waals surface area contributed by atoms with E-state index in [9.17, 15) is 22.8 Å². The monoisotopic (exact) mass is 308 g/mol. The van der Waals surface area contributed by atoms with E-state index in [1.165, 1.54) is 6.07 Å². The Balaban J connectivity index is 3.05. The van der Waals surface area contributed by atoms with Crippen molar-refractivity contribution in [2.24, 2.45) is 0 Å². The number of alkyl halides is 3. The summed E-state index contributed by atoms with van der Waals surface area (Å²) in [4.78, 5) is 24.5. The quantitative estimate of drug-likeness (QED) is 0.755. The van der Waals surface area contributed by atoms with E-state index < -0.39 is 28.4 Å². The first-order chi connectivity index (χ1) is 7.82. The van der Waals surface area contributed by atoms with Crippen molar-refractivity contribution >= 4 is 27.2 Å². The van der Waals surface area contributed by atoms with E-state index in [1.54, 1.807) is 0 Å². The highest BCUT2D eigenvalue weighted by Crippen LogP contribution is 2.33. The third-order valence-corrected chi connectivity index (χ3v) is 2.84. The molecule has 2 rings (SSSR count). The number of aromatic nitrogens is 2. The molecule has 0 radical (unpaired) electrons. The summed E-state index contributed by atoms with van der Waals surface area (Å²) in [7, 11) is 0. The Kier molecular flexibility index (Phi) is 2.61. The lowest BCUT2D eigenvalue weighted by atomic mass is 10.1. The summed E-state index contributed by atoms with van der Waals surface area (Å²) in [5, 5.41) is 0. The van der Waals surface area contributed by atoms with Gasteiger partial charge < -0.3 is 4.98 Å². The minimum absolute atomic E-state index is 0.0682. The van der Waals surface area contributed by atoms with Gasteiger partial charge in [0, 0.05) is 0 Å². The molecule has 0 aliphatic rings. The maximum Gasteiger partial charge on any atom is 0.418 e. The Morgan fingerprint density at radius 1 is 1.24 bits per heavy atom. The highest BCUT2D eigenvalue weighted by atomic mass is 79.9. The molecule has 1 aromatic heterocycles. The van der Waals surface area contributed by atoms with E-state index in [0.717, 1.165) is 12.1 Å². The number of nitrogens with one attached hydrogen (secondary N) is 1. The van der Waals surface area contributed by atoms with Gasteiger partial charge in [-0.15, -0.1) is 0 Å². The van der Waals surface area contributed by atoms with Crippen molar-refractivity contribution < 1.29 is 13.2 Å². The molecule has 1 N–H and O–H groups in total. The molecule has 0 saturated heterocycles. The molecule has 0 aliphatic heterocycles. The SMILES string of the molecule is O=c1[nH]c2cccc(C(F)(F)F)c2n(Br)c1=O. The molecular weight excluding hydrogens is 305 g/mol. The van der Waals surface area contributed by atoms with E-state index in [4.69, 9.17) is 0 Å². The zero-order valence-electron chi connectivity index (χ0n) is 8.01. The van der Waals surface area contributed by atoms with Gasteiger partial charge in [0.15, 0.2) is 0 Å². The Labute approximate surface area is 100 Å². The van der Waals surface area contributed by atoms with Gasteiger partial charge in [0.05, 0.1) is 32.7 Å². The van der Waals surface area contributed by atoms with Crippen LogP contribution in [0, 0.1) is 0 Å². The molecule has 4 nitrogen and oxygen atoms in total. The van der Waals surface area contributed by atoms with Crippen LogP contribution in [0.1, 0.15) is 5.56 Å². The summed E-state index contributed by atoms with van der Waals surface area (Å²) in [6.07, 6.45) is -4.61. The van der Waals surface area contributed by atoms with E-state index in [2.05, 4.69) is 21.1 Å². The molecule has 8 heteroatoms. The van der Waals surface area contributed by atoms with E-state index in [0.29, 0.717) is 3.59 Å². The van der Waals surface area contributed by atoms with Crippen LogP contribution in [0.25, 0.3) is 11.0 Å². The first-order valence-corrected chi connectivity index (χ1v) is 5.04. The van der Waals surface area contributed by atoms with Crippen LogP contribution in [0.4, 0.5) is 13.2 Å². The van der Waals surface area contributed by atoms with E-state index >= 15 is 0 Å². The van der Waals surface area contributed by atoms with Gasteiger partial charge in [-0.3, -0.25) is 9.59 Å². The predicted molar refractivity (Wildman–Crippen MR) is 58.2 cm³/mol. The highest BCUT2D eigenvalue weighted by molar-refractivity contribution is 9.08. The molecule has 0 bridgehead atoms. The number of halogens is 4. The van der Waals surface area contributed by atoms with Crippen LogP contribution in [-0.2, 0) is 6.18 Å². The minimum Gasteiger partial charge on any atom is -0.316 e. The van der Waals surface area contributed by atoms with Gasteiger partial charge >= 0.3 is 17.3 Å². The molecule has 17 heavy (non-hydrogen) atoms. The lowest BCUT2D eigenvalue weighted by Crippen LogP contribution is -2.33. The predicted octanol–water partition coefficient (Wildman–Crippen LogP) is 1.87. The number of rotatable bonds is 0. The fraction of sp³-hybridized carbons (Fsp3) is 0.111. The Bertz CT molecular complexity index is 702. The van der Waals surface area contributed by atoms with Gasteiger partial charge in [-0.2, -0.15) is 13.2 Å². The summed E-state index contributed by atoms with van der Waals surface area (Å²) >= 11 is 2.66. The normalized spacial score (nSPS) is 12.0. The van der Waals surface area contributed by atoms with Crippen LogP contribution < -0.4 is 11.1 Å². The molecule has 0 aliphatic carbocycles. The number of hydrogen-bond donors (Lipinski definition) is 1. The summed E-state index contributed by atoms with van der Waals surface area (Å²) in [5.41, 5.74) is -3.57. The van der Waals surface area contributed by atoms with Crippen molar-refractivity contribution in [3.05, 3.63) is 44.5 Å². The molecule has 0 fully saturated rings. The highest BCUT2D eigenvalue weighted by Gasteiger charge is 2.34. The second kappa shape index (κ2) is 3.73. The molecular formula is C9H4BrF3N2O2. The first kappa shape index (κ1) is 11.9. The number of hydrogen-bond acceptors (Lipinski definition) is 2. The first-order valence-electron chi connectivity index (χ1n) is 4.34.